The highest BCUT2D eigenvalue weighted by molar-refractivity contribution is 5.91. The van der Waals surface area contributed by atoms with Crippen molar-refractivity contribution in [3.05, 3.63) is 59.7 Å². The lowest BCUT2D eigenvalue weighted by Crippen LogP contribution is -2.53. The summed E-state index contributed by atoms with van der Waals surface area (Å²) in [5.41, 5.74) is 3.56. The first-order chi connectivity index (χ1) is 16.8. The zero-order valence-corrected chi connectivity index (χ0v) is 20.2. The highest BCUT2D eigenvalue weighted by atomic mass is 16.5. The van der Waals surface area contributed by atoms with E-state index in [1.165, 1.54) is 4.90 Å². The molecule has 35 heavy (non-hydrogen) atoms. The lowest BCUT2D eigenvalue weighted by atomic mass is 9.97. The fourth-order valence-electron chi connectivity index (χ4n) is 5.95. The molecule has 2 aromatic carbocycles. The van der Waals surface area contributed by atoms with Crippen LogP contribution < -0.4 is 5.32 Å². The van der Waals surface area contributed by atoms with E-state index in [0.29, 0.717) is 13.0 Å². The first kappa shape index (κ1) is 23.4. The number of alkyl carbamates (subject to hydrolysis) is 1. The van der Waals surface area contributed by atoms with Crippen LogP contribution in [-0.4, -0.2) is 52.7 Å². The number of hydrogen-bond donors (Lipinski definition) is 2. The summed E-state index contributed by atoms with van der Waals surface area (Å²) in [7, 11) is 0. The van der Waals surface area contributed by atoms with E-state index >= 15 is 0 Å². The normalized spacial score (nSPS) is 23.2. The molecule has 2 aliphatic carbocycles. The molecule has 1 heterocycles. The van der Waals surface area contributed by atoms with Gasteiger partial charge in [-0.05, 0) is 53.4 Å². The summed E-state index contributed by atoms with van der Waals surface area (Å²) >= 11 is 0. The van der Waals surface area contributed by atoms with Crippen LogP contribution in [0.25, 0.3) is 11.1 Å². The van der Waals surface area contributed by atoms with Crippen molar-refractivity contribution in [2.24, 2.45) is 11.8 Å². The van der Waals surface area contributed by atoms with Gasteiger partial charge in [-0.1, -0.05) is 62.4 Å². The first-order valence-corrected chi connectivity index (χ1v) is 12.5. The number of hydrogen-bond acceptors (Lipinski definition) is 4. The summed E-state index contributed by atoms with van der Waals surface area (Å²) in [4.78, 5) is 39.4. The molecule has 2 amide bonds. The number of ether oxygens (including phenoxy) is 1. The predicted octanol–water partition coefficient (Wildman–Crippen LogP) is 4.41. The van der Waals surface area contributed by atoms with Crippen molar-refractivity contribution < 1.29 is 24.2 Å². The van der Waals surface area contributed by atoms with Crippen molar-refractivity contribution in [3.63, 3.8) is 0 Å². The maximum absolute atomic E-state index is 13.2. The van der Waals surface area contributed by atoms with Crippen molar-refractivity contribution in [3.8, 4) is 11.1 Å². The number of benzene rings is 2. The molecule has 0 spiro atoms. The number of carboxylic acid groups (broad SMARTS) is 1. The minimum atomic E-state index is -1.04. The number of carboxylic acids is 1. The highest BCUT2D eigenvalue weighted by Gasteiger charge is 2.66. The molecule has 7 nitrogen and oxygen atoms in total. The first-order valence-electron chi connectivity index (χ1n) is 12.5. The molecular weight excluding hydrogens is 444 g/mol. The number of nitrogens with one attached hydrogen (secondary N) is 1. The van der Waals surface area contributed by atoms with Gasteiger partial charge in [0.2, 0.25) is 5.91 Å². The molecule has 3 aliphatic rings. The fraction of sp³-hybridized carbons (Fsp3) is 0.464. The lowest BCUT2D eigenvalue weighted by molar-refractivity contribution is -0.154. The topological polar surface area (TPSA) is 95.9 Å². The summed E-state index contributed by atoms with van der Waals surface area (Å²) in [5, 5.41) is 12.6. The Labute approximate surface area is 205 Å². The molecule has 2 fully saturated rings. The second-order valence-electron chi connectivity index (χ2n) is 10.3. The highest BCUT2D eigenvalue weighted by Crippen LogP contribution is 2.54. The van der Waals surface area contributed by atoms with Crippen LogP contribution in [0, 0.1) is 11.8 Å². The maximum Gasteiger partial charge on any atom is 0.407 e. The Morgan fingerprint density at radius 2 is 1.71 bits per heavy atom. The number of piperidine rings is 1. The molecule has 0 bridgehead atoms. The molecule has 5 rings (SSSR count). The SMILES string of the molecule is CC(C)C(CC(=O)N1CCC[C@H]2C[C@]21C(=O)O)NC(=O)OCC1c2ccccc2-c2ccccc21. The maximum atomic E-state index is 13.2. The van der Waals surface area contributed by atoms with E-state index in [1.807, 2.05) is 38.1 Å². The number of carbonyl (C=O) groups is 3. The van der Waals surface area contributed by atoms with Crippen molar-refractivity contribution in [1.29, 1.82) is 0 Å². The van der Waals surface area contributed by atoms with Crippen molar-refractivity contribution >= 4 is 18.0 Å². The van der Waals surface area contributed by atoms with Crippen LogP contribution in [0.3, 0.4) is 0 Å². The third-order valence-corrected chi connectivity index (χ3v) is 8.01. The van der Waals surface area contributed by atoms with E-state index in [9.17, 15) is 19.5 Å². The predicted molar refractivity (Wildman–Crippen MR) is 131 cm³/mol. The Bertz CT molecular complexity index is 1120. The molecule has 2 aromatic rings. The van der Waals surface area contributed by atoms with Crippen molar-refractivity contribution in [2.75, 3.05) is 13.2 Å². The number of likely N-dealkylation sites (tertiary alicyclic amines) is 1. The molecular formula is C28H32N2O5. The summed E-state index contributed by atoms with van der Waals surface area (Å²) < 4.78 is 5.67. The zero-order chi connectivity index (χ0) is 24.7. The van der Waals surface area contributed by atoms with Crippen LogP contribution in [0.5, 0.6) is 0 Å². The standard InChI is InChI=1S/C28H32N2O5/c1-17(2)24(14-25(31)30-13-7-8-18-15-28(18,30)26(32)33)29-27(34)35-16-23-21-11-5-3-9-19(21)20-10-4-6-12-22(20)23/h3-6,9-12,17-18,23-24H,7-8,13-16H2,1-2H3,(H,29,34)(H,32,33)/t18-,24?,28+/m0/s1. The van der Waals surface area contributed by atoms with E-state index in [0.717, 1.165) is 35.1 Å². The largest absolute Gasteiger partial charge is 0.479 e. The summed E-state index contributed by atoms with van der Waals surface area (Å²) in [6.07, 6.45) is 1.69. The van der Waals surface area contributed by atoms with Gasteiger partial charge in [0, 0.05) is 24.9 Å². The number of rotatable bonds is 7. The van der Waals surface area contributed by atoms with E-state index in [-0.39, 0.29) is 36.7 Å². The average molecular weight is 477 g/mol. The summed E-state index contributed by atoms with van der Waals surface area (Å²) in [6.45, 7) is 4.53. The second-order valence-corrected chi connectivity index (χ2v) is 10.3. The van der Waals surface area contributed by atoms with Crippen LogP contribution >= 0.6 is 0 Å². The van der Waals surface area contributed by atoms with Crippen LogP contribution in [0.15, 0.2) is 48.5 Å². The fourth-order valence-corrected chi connectivity index (χ4v) is 5.95. The summed E-state index contributed by atoms with van der Waals surface area (Å²) in [6, 6.07) is 15.9. The van der Waals surface area contributed by atoms with Gasteiger partial charge in [-0.3, -0.25) is 4.79 Å². The Kier molecular flexibility index (Phi) is 6.03. The van der Waals surface area contributed by atoms with Crippen molar-refractivity contribution in [2.45, 2.75) is 57.0 Å². The number of aliphatic carboxylic acids is 1. The molecule has 0 aromatic heterocycles. The molecule has 1 unspecified atom stereocenters. The molecule has 1 aliphatic heterocycles. The van der Waals surface area contributed by atoms with E-state index in [2.05, 4.69) is 29.6 Å². The van der Waals surface area contributed by atoms with Gasteiger partial charge in [-0.2, -0.15) is 0 Å². The third-order valence-electron chi connectivity index (χ3n) is 8.01. The number of nitrogens with zero attached hydrogens (tertiary/aromatic N) is 1. The Morgan fingerprint density at radius 3 is 2.31 bits per heavy atom. The van der Waals surface area contributed by atoms with E-state index in [1.54, 1.807) is 0 Å². The van der Waals surface area contributed by atoms with Gasteiger partial charge >= 0.3 is 12.1 Å². The van der Waals surface area contributed by atoms with Gasteiger partial charge < -0.3 is 20.1 Å². The molecule has 3 atom stereocenters. The lowest BCUT2D eigenvalue weighted by Gasteiger charge is -2.35. The van der Waals surface area contributed by atoms with Gasteiger partial charge in [-0.25, -0.2) is 9.59 Å². The number of carbonyl (C=O) groups excluding carboxylic acids is 2. The van der Waals surface area contributed by atoms with Gasteiger partial charge in [0.25, 0.3) is 0 Å². The van der Waals surface area contributed by atoms with E-state index < -0.39 is 23.6 Å². The zero-order valence-electron chi connectivity index (χ0n) is 20.2. The quantitative estimate of drug-likeness (QED) is 0.617. The van der Waals surface area contributed by atoms with Crippen molar-refractivity contribution in [1.82, 2.24) is 10.2 Å². The Hall–Kier alpha value is -3.35. The third kappa shape index (κ3) is 4.07. The molecule has 184 valence electrons. The second kappa shape index (κ2) is 9.02. The van der Waals surface area contributed by atoms with Crippen LogP contribution in [0.2, 0.25) is 0 Å². The van der Waals surface area contributed by atoms with Gasteiger partial charge in [0.15, 0.2) is 0 Å². The Balaban J connectivity index is 1.23. The summed E-state index contributed by atoms with van der Waals surface area (Å²) in [5.74, 6) is -1.14. The molecule has 0 radical (unpaired) electrons. The molecule has 1 saturated heterocycles. The average Bonchev–Trinajstić information content (AvgIpc) is 3.53. The molecule has 1 saturated carbocycles. The smallest absolute Gasteiger partial charge is 0.407 e. The Morgan fingerprint density at radius 1 is 1.09 bits per heavy atom. The molecule has 7 heteroatoms. The minimum Gasteiger partial charge on any atom is -0.479 e. The molecule has 2 N–H and O–H groups in total. The van der Waals surface area contributed by atoms with Crippen LogP contribution in [-0.2, 0) is 14.3 Å². The van der Waals surface area contributed by atoms with Gasteiger partial charge in [-0.15, -0.1) is 0 Å². The van der Waals surface area contributed by atoms with E-state index in [4.69, 9.17) is 4.74 Å². The minimum absolute atomic E-state index is 0.0139. The van der Waals surface area contributed by atoms with Gasteiger partial charge in [0.05, 0.1) is 0 Å². The van der Waals surface area contributed by atoms with Gasteiger partial charge in [0.1, 0.15) is 12.1 Å². The monoisotopic (exact) mass is 476 g/mol. The number of amides is 2. The van der Waals surface area contributed by atoms with Crippen LogP contribution in [0.4, 0.5) is 4.79 Å². The van der Waals surface area contributed by atoms with Crippen LogP contribution in [0.1, 0.15) is 56.6 Å². The number of fused-ring (bicyclic) bond motifs is 4.